The minimum Gasteiger partial charge on any atom is -0.325 e. The monoisotopic (exact) mass is 470 g/mol. The minimum absolute atomic E-state index is 0.0393. The van der Waals surface area contributed by atoms with Gasteiger partial charge in [0.15, 0.2) is 0 Å². The van der Waals surface area contributed by atoms with Crippen LogP contribution in [0.3, 0.4) is 0 Å². The highest BCUT2D eigenvalue weighted by molar-refractivity contribution is 7.89. The summed E-state index contributed by atoms with van der Waals surface area (Å²) in [5.74, 6) is -0.320. The van der Waals surface area contributed by atoms with E-state index >= 15 is 0 Å². The van der Waals surface area contributed by atoms with Crippen molar-refractivity contribution in [3.05, 3.63) is 28.8 Å². The third-order valence-electron chi connectivity index (χ3n) is 4.82. The van der Waals surface area contributed by atoms with Crippen LogP contribution in [0.1, 0.15) is 12.0 Å². The molecule has 12 heteroatoms. The van der Waals surface area contributed by atoms with Gasteiger partial charge in [-0.15, -0.1) is 0 Å². The van der Waals surface area contributed by atoms with Crippen LogP contribution in [0.15, 0.2) is 18.2 Å². The number of piperazine rings is 1. The number of halogens is 4. The first kappa shape index (κ1) is 24.9. The van der Waals surface area contributed by atoms with E-state index in [1.165, 1.54) is 24.5 Å². The zero-order valence-electron chi connectivity index (χ0n) is 16.9. The Balaban J connectivity index is 1.77. The summed E-state index contributed by atoms with van der Waals surface area (Å²) in [7, 11) is -0.192. The lowest BCUT2D eigenvalue weighted by Gasteiger charge is -2.34. The number of alkyl halides is 3. The molecule has 0 atom stereocenters. The number of carbonyl (C=O) groups is 1. The highest BCUT2D eigenvalue weighted by atomic mass is 35.5. The third-order valence-corrected chi connectivity index (χ3v) is 7.07. The second-order valence-corrected chi connectivity index (χ2v) is 10.0. The molecular formula is C18H26ClF3N4O3S. The van der Waals surface area contributed by atoms with Gasteiger partial charge in [-0.25, -0.2) is 12.7 Å². The Kier molecular flexibility index (Phi) is 8.51. The Morgan fingerprint density at radius 3 is 2.33 bits per heavy atom. The van der Waals surface area contributed by atoms with Crippen molar-refractivity contribution in [2.24, 2.45) is 0 Å². The number of hydrogen-bond donors (Lipinski definition) is 1. The van der Waals surface area contributed by atoms with Crippen molar-refractivity contribution < 1.29 is 26.4 Å². The molecule has 1 aliphatic heterocycles. The van der Waals surface area contributed by atoms with Crippen LogP contribution in [0.2, 0.25) is 5.02 Å². The van der Waals surface area contributed by atoms with Crippen LogP contribution < -0.4 is 5.32 Å². The molecule has 0 spiro atoms. The van der Waals surface area contributed by atoms with Gasteiger partial charge in [0.2, 0.25) is 15.9 Å². The molecule has 1 fully saturated rings. The average molecular weight is 471 g/mol. The summed E-state index contributed by atoms with van der Waals surface area (Å²) < 4.78 is 63.5. The normalized spacial score (nSPS) is 16.8. The molecule has 0 radical (unpaired) electrons. The first-order valence-electron chi connectivity index (χ1n) is 9.40. The number of benzene rings is 1. The Labute approximate surface area is 179 Å². The molecule has 0 aliphatic carbocycles. The molecule has 0 aromatic heterocycles. The minimum atomic E-state index is -4.60. The predicted molar refractivity (Wildman–Crippen MR) is 110 cm³/mol. The van der Waals surface area contributed by atoms with Crippen LogP contribution in [-0.4, -0.2) is 87.5 Å². The highest BCUT2D eigenvalue weighted by Gasteiger charge is 2.33. The molecule has 1 aromatic rings. The Morgan fingerprint density at radius 2 is 1.77 bits per heavy atom. The smallest absolute Gasteiger partial charge is 0.325 e. The topological polar surface area (TPSA) is 73.0 Å². The maximum absolute atomic E-state index is 12.9. The quantitative estimate of drug-likeness (QED) is 0.630. The third kappa shape index (κ3) is 7.38. The summed E-state index contributed by atoms with van der Waals surface area (Å²) in [6, 6.07) is 3.25. The second-order valence-electron chi connectivity index (χ2n) is 7.31. The first-order valence-corrected chi connectivity index (χ1v) is 11.4. The lowest BCUT2D eigenvalue weighted by molar-refractivity contribution is -0.137. The van der Waals surface area contributed by atoms with E-state index < -0.39 is 32.7 Å². The van der Waals surface area contributed by atoms with Crippen molar-refractivity contribution in [1.29, 1.82) is 0 Å². The van der Waals surface area contributed by atoms with Crippen LogP contribution in [0, 0.1) is 0 Å². The van der Waals surface area contributed by atoms with Crippen LogP contribution >= 0.6 is 11.6 Å². The number of rotatable bonds is 8. The van der Waals surface area contributed by atoms with Gasteiger partial charge < -0.3 is 10.2 Å². The van der Waals surface area contributed by atoms with Crippen molar-refractivity contribution in [2.75, 3.05) is 64.4 Å². The van der Waals surface area contributed by atoms with E-state index in [4.69, 9.17) is 11.6 Å². The first-order chi connectivity index (χ1) is 13.9. The van der Waals surface area contributed by atoms with E-state index in [1.54, 1.807) is 0 Å². The molecular weight excluding hydrogens is 445 g/mol. The molecule has 0 bridgehead atoms. The lowest BCUT2D eigenvalue weighted by atomic mass is 10.2. The van der Waals surface area contributed by atoms with Crippen molar-refractivity contribution in [2.45, 2.75) is 12.6 Å². The molecule has 30 heavy (non-hydrogen) atoms. The summed E-state index contributed by atoms with van der Waals surface area (Å²) in [6.45, 7) is 3.32. The lowest BCUT2D eigenvalue weighted by Crippen LogP contribution is -2.49. The van der Waals surface area contributed by atoms with Gasteiger partial charge in [0.1, 0.15) is 0 Å². The van der Waals surface area contributed by atoms with Gasteiger partial charge in [0, 0.05) is 46.0 Å². The van der Waals surface area contributed by atoms with Gasteiger partial charge in [0.25, 0.3) is 0 Å². The number of nitrogens with one attached hydrogen (secondary N) is 1. The van der Waals surface area contributed by atoms with Crippen molar-refractivity contribution in [1.82, 2.24) is 14.1 Å². The maximum Gasteiger partial charge on any atom is 0.417 e. The Bertz CT molecular complexity index is 842. The summed E-state index contributed by atoms with van der Waals surface area (Å²) in [5.41, 5.74) is -0.954. The summed E-state index contributed by atoms with van der Waals surface area (Å²) in [5, 5.41) is 2.06. The van der Waals surface area contributed by atoms with Crippen LogP contribution in [0.25, 0.3) is 0 Å². The molecule has 1 amide bonds. The molecule has 1 N–H and O–H groups in total. The zero-order valence-corrected chi connectivity index (χ0v) is 18.4. The standard InChI is InChI=1S/C18H26ClF3N4O3S/c1-24(2)30(28,29)11-3-6-25-7-9-26(10-8-25)13-17(27)23-14-4-5-16(19)15(12-14)18(20,21)22/h4-5,12H,3,6-11,13H2,1-2H3,(H,23,27). The molecule has 170 valence electrons. The summed E-state index contributed by atoms with van der Waals surface area (Å²) >= 11 is 5.58. The zero-order chi connectivity index (χ0) is 22.5. The fourth-order valence-corrected chi connectivity index (χ4v) is 4.13. The van der Waals surface area contributed by atoms with Crippen LogP contribution in [0.4, 0.5) is 18.9 Å². The number of carbonyl (C=O) groups excluding carboxylic acids is 1. The Morgan fingerprint density at radius 1 is 1.17 bits per heavy atom. The number of hydrogen-bond acceptors (Lipinski definition) is 5. The maximum atomic E-state index is 12.9. The van der Waals surface area contributed by atoms with E-state index in [2.05, 4.69) is 10.2 Å². The second kappa shape index (κ2) is 10.3. The van der Waals surface area contributed by atoms with E-state index in [-0.39, 0.29) is 18.0 Å². The molecule has 1 aliphatic rings. The fourth-order valence-electron chi connectivity index (χ4n) is 3.05. The van der Waals surface area contributed by atoms with Crippen molar-refractivity contribution in [3.63, 3.8) is 0 Å². The SMILES string of the molecule is CN(C)S(=O)(=O)CCCN1CCN(CC(=O)Nc2ccc(Cl)c(C(F)(F)F)c2)CC1. The van der Waals surface area contributed by atoms with E-state index in [9.17, 15) is 26.4 Å². The molecule has 0 saturated carbocycles. The van der Waals surface area contributed by atoms with E-state index in [1.807, 2.05) is 4.90 Å². The highest BCUT2D eigenvalue weighted by Crippen LogP contribution is 2.36. The van der Waals surface area contributed by atoms with E-state index in [0.717, 1.165) is 12.1 Å². The number of nitrogens with zero attached hydrogens (tertiary/aromatic N) is 3. The van der Waals surface area contributed by atoms with Gasteiger partial charge in [-0.05, 0) is 31.2 Å². The van der Waals surface area contributed by atoms with Gasteiger partial charge >= 0.3 is 6.18 Å². The summed E-state index contributed by atoms with van der Waals surface area (Å²) in [4.78, 5) is 16.2. The van der Waals surface area contributed by atoms with Gasteiger partial charge in [0.05, 0.1) is 22.9 Å². The van der Waals surface area contributed by atoms with Gasteiger partial charge in [-0.3, -0.25) is 9.69 Å². The number of amides is 1. The molecule has 1 saturated heterocycles. The van der Waals surface area contributed by atoms with E-state index in [0.29, 0.717) is 39.1 Å². The van der Waals surface area contributed by atoms with Crippen molar-refractivity contribution >= 4 is 33.2 Å². The Hall–Kier alpha value is -1.40. The van der Waals surface area contributed by atoms with Crippen LogP contribution in [-0.2, 0) is 21.0 Å². The van der Waals surface area contributed by atoms with Crippen molar-refractivity contribution in [3.8, 4) is 0 Å². The number of anilines is 1. The van der Waals surface area contributed by atoms with Gasteiger partial charge in [-0.1, -0.05) is 11.6 Å². The van der Waals surface area contributed by atoms with Crippen LogP contribution in [0.5, 0.6) is 0 Å². The molecule has 1 heterocycles. The molecule has 7 nitrogen and oxygen atoms in total. The summed E-state index contributed by atoms with van der Waals surface area (Å²) in [6.07, 6.45) is -4.07. The fraction of sp³-hybridized carbons (Fsp3) is 0.611. The molecule has 0 unspecified atom stereocenters. The number of sulfonamides is 1. The molecule has 1 aromatic carbocycles. The molecule has 2 rings (SSSR count). The average Bonchev–Trinajstić information content (AvgIpc) is 2.63. The van der Waals surface area contributed by atoms with Gasteiger partial charge in [-0.2, -0.15) is 13.2 Å². The predicted octanol–water partition coefficient (Wildman–Crippen LogP) is 2.20. The largest absolute Gasteiger partial charge is 0.417 e.